The van der Waals surface area contributed by atoms with Crippen LogP contribution in [-0.2, 0) is 5.41 Å². The van der Waals surface area contributed by atoms with Gasteiger partial charge < -0.3 is 9.47 Å². The van der Waals surface area contributed by atoms with E-state index in [2.05, 4.69) is 289 Å². The van der Waals surface area contributed by atoms with E-state index in [4.69, 9.17) is 0 Å². The average Bonchev–Trinajstić information content (AvgIpc) is 3.96. The third-order valence-electron chi connectivity index (χ3n) is 15.0. The fraction of sp³-hybridized carbons (Fsp3) is 0.0145. The van der Waals surface area contributed by atoms with Gasteiger partial charge in [0.1, 0.15) is 0 Å². The molecule has 2 nitrogen and oxygen atoms in total. The molecule has 12 aromatic carbocycles. The van der Waals surface area contributed by atoms with Crippen LogP contribution in [0.25, 0.3) is 82.4 Å². The summed E-state index contributed by atoms with van der Waals surface area (Å²) in [6.07, 6.45) is 0. The monoisotopic (exact) mass is 902 g/mol. The topological polar surface area (TPSA) is 8.17 Å². The number of fused-ring (bicyclic) bond motifs is 9. The summed E-state index contributed by atoms with van der Waals surface area (Å²) in [6, 6.07) is 103. The fourth-order valence-corrected chi connectivity index (χ4v) is 12.1. The van der Waals surface area contributed by atoms with Crippen molar-refractivity contribution in [1.82, 2.24) is 4.57 Å². The summed E-state index contributed by atoms with van der Waals surface area (Å²) >= 11 is 0. The van der Waals surface area contributed by atoms with Crippen molar-refractivity contribution in [3.05, 3.63) is 301 Å². The molecule has 0 saturated carbocycles. The Hall–Kier alpha value is -9.24. The van der Waals surface area contributed by atoms with Crippen LogP contribution >= 0.6 is 0 Å². The van der Waals surface area contributed by atoms with Crippen molar-refractivity contribution < 1.29 is 0 Å². The molecular weight excluding hydrogens is 857 g/mol. The Kier molecular flexibility index (Phi) is 9.47. The first-order valence-electron chi connectivity index (χ1n) is 24.6. The number of hydrogen-bond donors (Lipinski definition) is 0. The molecule has 1 aliphatic rings. The van der Waals surface area contributed by atoms with E-state index in [1.807, 2.05) is 0 Å². The van der Waals surface area contributed by atoms with E-state index in [0.717, 1.165) is 28.3 Å². The molecule has 0 fully saturated rings. The molecule has 0 amide bonds. The van der Waals surface area contributed by atoms with Crippen LogP contribution < -0.4 is 4.90 Å². The highest BCUT2D eigenvalue weighted by molar-refractivity contribution is 6.25. The zero-order chi connectivity index (χ0) is 46.9. The number of para-hydroxylation sites is 1. The molecule has 0 bridgehead atoms. The van der Waals surface area contributed by atoms with E-state index in [1.54, 1.807) is 0 Å². The highest BCUT2D eigenvalue weighted by Gasteiger charge is 2.46. The standard InChI is InChI=1S/C69H46N2/c1-5-20-47(21-6-1)56-33-17-23-50-24-18-34-57(66(50)56)49-38-41-54(42-39-49)70(63-36-19-37-64-68(63)67-58-31-14-13-22-48(58)40-45-65(67)71(64)53-29-11-4-12-30-53)55-43-44-62-60(46-55)59-32-15-16-35-61(59)69(62,51-25-7-2-8-26-51)52-27-9-3-10-28-52/h1-46H. The lowest BCUT2D eigenvalue weighted by atomic mass is 9.68. The van der Waals surface area contributed by atoms with Crippen molar-refractivity contribution in [2.24, 2.45) is 0 Å². The van der Waals surface area contributed by atoms with Gasteiger partial charge in [-0.15, -0.1) is 0 Å². The average molecular weight is 903 g/mol. The van der Waals surface area contributed by atoms with Gasteiger partial charge in [0.05, 0.1) is 22.1 Å². The van der Waals surface area contributed by atoms with Crippen LogP contribution in [0.3, 0.4) is 0 Å². The van der Waals surface area contributed by atoms with Gasteiger partial charge in [0.25, 0.3) is 0 Å². The fourth-order valence-electron chi connectivity index (χ4n) is 12.1. The Morgan fingerprint density at radius 1 is 0.310 bits per heavy atom. The zero-order valence-corrected chi connectivity index (χ0v) is 39.0. The molecule has 0 atom stereocenters. The minimum absolute atomic E-state index is 0.501. The first-order chi connectivity index (χ1) is 35.3. The van der Waals surface area contributed by atoms with E-state index in [-0.39, 0.29) is 0 Å². The summed E-state index contributed by atoms with van der Waals surface area (Å²) in [5.74, 6) is 0. The van der Waals surface area contributed by atoms with Crippen molar-refractivity contribution >= 4 is 60.4 Å². The maximum Gasteiger partial charge on any atom is 0.0713 e. The molecule has 0 radical (unpaired) electrons. The van der Waals surface area contributed by atoms with E-state index in [0.29, 0.717) is 0 Å². The summed E-state index contributed by atoms with van der Waals surface area (Å²) in [6.45, 7) is 0. The molecule has 13 aromatic rings. The minimum Gasteiger partial charge on any atom is -0.310 e. The number of anilines is 3. The second-order valence-electron chi connectivity index (χ2n) is 18.7. The van der Waals surface area contributed by atoms with Crippen molar-refractivity contribution in [3.8, 4) is 39.1 Å². The van der Waals surface area contributed by atoms with Crippen molar-refractivity contribution in [3.63, 3.8) is 0 Å². The molecule has 0 N–H and O–H groups in total. The summed E-state index contributed by atoms with van der Waals surface area (Å²) in [7, 11) is 0. The summed E-state index contributed by atoms with van der Waals surface area (Å²) in [5.41, 5.74) is 18.7. The lowest BCUT2D eigenvalue weighted by Crippen LogP contribution is -2.28. The SMILES string of the molecule is c1ccc(-c2cccc3cccc(-c4ccc(N(c5ccc6c(c5)-c5ccccc5C6(c5ccccc5)c5ccccc5)c5cccc6c5c5c7ccccc7ccc5n6-c5ccccc5)cc4)c23)cc1. The maximum atomic E-state index is 2.51. The number of nitrogens with zero attached hydrogens (tertiary/aromatic N) is 2. The van der Waals surface area contributed by atoms with Gasteiger partial charge in [-0.1, -0.05) is 224 Å². The normalized spacial score (nSPS) is 12.6. The molecule has 71 heavy (non-hydrogen) atoms. The molecule has 0 saturated heterocycles. The smallest absolute Gasteiger partial charge is 0.0713 e. The number of rotatable bonds is 8. The third-order valence-corrected chi connectivity index (χ3v) is 15.0. The van der Waals surface area contributed by atoms with Crippen LogP contribution in [0.5, 0.6) is 0 Å². The van der Waals surface area contributed by atoms with Crippen LogP contribution in [0.4, 0.5) is 17.1 Å². The lowest BCUT2D eigenvalue weighted by Gasteiger charge is -2.34. The maximum absolute atomic E-state index is 2.51. The van der Waals surface area contributed by atoms with Gasteiger partial charge >= 0.3 is 0 Å². The first-order valence-corrected chi connectivity index (χ1v) is 24.6. The van der Waals surface area contributed by atoms with Crippen molar-refractivity contribution in [2.45, 2.75) is 5.41 Å². The second kappa shape index (κ2) is 16.5. The Bertz CT molecular complexity index is 4090. The van der Waals surface area contributed by atoms with Gasteiger partial charge in [-0.05, 0) is 132 Å². The zero-order valence-electron chi connectivity index (χ0n) is 39.0. The van der Waals surface area contributed by atoms with Crippen molar-refractivity contribution in [1.29, 1.82) is 0 Å². The van der Waals surface area contributed by atoms with Gasteiger partial charge in [0, 0.05) is 27.8 Å². The van der Waals surface area contributed by atoms with Gasteiger partial charge in [-0.25, -0.2) is 0 Å². The molecule has 1 heterocycles. The predicted octanol–water partition coefficient (Wildman–Crippen LogP) is 18.3. The predicted molar refractivity (Wildman–Crippen MR) is 299 cm³/mol. The molecule has 1 aliphatic carbocycles. The molecule has 332 valence electrons. The van der Waals surface area contributed by atoms with Crippen LogP contribution in [0.15, 0.2) is 279 Å². The van der Waals surface area contributed by atoms with Crippen LogP contribution in [0.2, 0.25) is 0 Å². The van der Waals surface area contributed by atoms with Crippen molar-refractivity contribution in [2.75, 3.05) is 4.90 Å². The Labute approximate surface area is 413 Å². The molecule has 0 unspecified atom stereocenters. The van der Waals surface area contributed by atoms with Crippen LogP contribution in [0.1, 0.15) is 22.3 Å². The Balaban J connectivity index is 1.04. The van der Waals surface area contributed by atoms with E-state index in [1.165, 1.54) is 93.5 Å². The third kappa shape index (κ3) is 6.28. The van der Waals surface area contributed by atoms with Gasteiger partial charge in [-0.3, -0.25) is 0 Å². The second-order valence-corrected chi connectivity index (χ2v) is 18.7. The highest BCUT2D eigenvalue weighted by Crippen LogP contribution is 2.57. The van der Waals surface area contributed by atoms with Gasteiger partial charge in [0.2, 0.25) is 0 Å². The Morgan fingerprint density at radius 3 is 1.56 bits per heavy atom. The van der Waals surface area contributed by atoms with Crippen LogP contribution in [-0.4, -0.2) is 4.57 Å². The summed E-state index contributed by atoms with van der Waals surface area (Å²) in [5, 5.41) is 7.38. The molecular formula is C69H46N2. The van der Waals surface area contributed by atoms with E-state index >= 15 is 0 Å². The first kappa shape index (κ1) is 40.8. The van der Waals surface area contributed by atoms with Crippen LogP contribution in [0, 0.1) is 0 Å². The van der Waals surface area contributed by atoms with Gasteiger partial charge in [-0.2, -0.15) is 0 Å². The quantitative estimate of drug-likeness (QED) is 0.147. The molecule has 2 heteroatoms. The van der Waals surface area contributed by atoms with E-state index in [9.17, 15) is 0 Å². The Morgan fingerprint density at radius 2 is 0.845 bits per heavy atom. The number of benzene rings is 12. The van der Waals surface area contributed by atoms with E-state index < -0.39 is 5.41 Å². The number of aromatic nitrogens is 1. The minimum atomic E-state index is -0.501. The molecule has 1 aromatic heterocycles. The summed E-state index contributed by atoms with van der Waals surface area (Å²) in [4.78, 5) is 2.51. The molecule has 14 rings (SSSR count). The summed E-state index contributed by atoms with van der Waals surface area (Å²) < 4.78 is 2.44. The highest BCUT2D eigenvalue weighted by atomic mass is 15.1. The van der Waals surface area contributed by atoms with Gasteiger partial charge in [0.15, 0.2) is 0 Å². The largest absolute Gasteiger partial charge is 0.310 e. The molecule has 0 spiro atoms. The molecule has 0 aliphatic heterocycles. The number of hydrogen-bond acceptors (Lipinski definition) is 1. The lowest BCUT2D eigenvalue weighted by molar-refractivity contribution is 0.768.